The third-order valence-corrected chi connectivity index (χ3v) is 12.4. The van der Waals surface area contributed by atoms with Crippen molar-refractivity contribution in [2.75, 3.05) is 0 Å². The van der Waals surface area contributed by atoms with Gasteiger partial charge in [0.15, 0.2) is 9.84 Å². The highest BCUT2D eigenvalue weighted by Crippen LogP contribution is 2.44. The zero-order valence-electron chi connectivity index (χ0n) is 24.7. The second-order valence-corrected chi connectivity index (χ2v) is 15.7. The number of halogens is 3. The molecule has 6 rings (SSSR count). The van der Waals surface area contributed by atoms with Crippen LogP contribution in [0.4, 0.5) is 8.78 Å². The summed E-state index contributed by atoms with van der Waals surface area (Å²) in [7, 11) is -3.55. The molecular weight excluding hydrogens is 612 g/mol. The third-order valence-electron chi connectivity index (χ3n) is 9.95. The number of nitrogens with one attached hydrogen (secondary N) is 1. The molecule has 2 atom stereocenters. The highest BCUT2D eigenvalue weighted by Gasteiger charge is 2.50. The lowest BCUT2D eigenvalue weighted by Gasteiger charge is -2.35. The summed E-state index contributed by atoms with van der Waals surface area (Å²) >= 11 is 6.01. The van der Waals surface area contributed by atoms with Gasteiger partial charge in [-0.2, -0.15) is 0 Å². The Kier molecular flexibility index (Phi) is 8.80. The number of rotatable bonds is 7. The Balaban J connectivity index is 0.979. The molecule has 4 aliphatic rings. The smallest absolute Gasteiger partial charge is 0.330 e. The maximum atomic E-state index is 13.8. The lowest BCUT2D eigenvalue weighted by molar-refractivity contribution is -0.150. The van der Waals surface area contributed by atoms with Crippen molar-refractivity contribution in [3.05, 3.63) is 58.1 Å². The van der Waals surface area contributed by atoms with Crippen LogP contribution in [0.1, 0.15) is 93.9 Å². The largest absolute Gasteiger partial charge is 0.461 e. The fourth-order valence-corrected chi connectivity index (χ4v) is 9.46. The number of carbonyl (C=O) groups is 2. The van der Waals surface area contributed by atoms with E-state index in [1.807, 2.05) is 0 Å². The molecule has 2 saturated carbocycles. The van der Waals surface area contributed by atoms with Gasteiger partial charge in [-0.1, -0.05) is 43.4 Å². The molecule has 2 unspecified atom stereocenters. The van der Waals surface area contributed by atoms with E-state index in [4.69, 9.17) is 21.1 Å². The lowest BCUT2D eigenvalue weighted by Crippen LogP contribution is -2.31. The molecule has 2 aromatic rings. The average Bonchev–Trinajstić information content (AvgIpc) is 3.77. The van der Waals surface area contributed by atoms with E-state index in [9.17, 15) is 26.8 Å². The van der Waals surface area contributed by atoms with Gasteiger partial charge in [-0.25, -0.2) is 22.0 Å². The molecule has 2 aromatic carbocycles. The van der Waals surface area contributed by atoms with E-state index in [0.717, 1.165) is 51.0 Å². The van der Waals surface area contributed by atoms with Gasteiger partial charge in [0, 0.05) is 23.1 Å². The summed E-state index contributed by atoms with van der Waals surface area (Å²) in [6, 6.07) is 8.60. The topological polar surface area (TPSA) is 109 Å². The van der Waals surface area contributed by atoms with E-state index in [1.54, 1.807) is 12.1 Å². The van der Waals surface area contributed by atoms with Crippen LogP contribution in [-0.2, 0) is 36.7 Å². The predicted octanol–water partition coefficient (Wildman–Crippen LogP) is 7.05. The number of sulfone groups is 1. The van der Waals surface area contributed by atoms with Crippen molar-refractivity contribution in [2.45, 2.75) is 106 Å². The standard InChI is InChI=1S/C33H38ClF2NO6S/c1-33(35,36)23-14-19(15-24(34)16-23)18-42-31(38)22-6-2-4-20(5-3-7-22)21-8-10-25(11-9-21)44(40,41)26-12-13-27-28(17-26)43-32(39)30-29(27)37-30/h12-17,20-22,25,29-30,37H,2-11,18H2,1H3. The van der Waals surface area contributed by atoms with Crippen LogP contribution in [0.15, 0.2) is 41.3 Å². The Labute approximate surface area is 261 Å². The normalized spacial score (nSPS) is 29.0. The van der Waals surface area contributed by atoms with Crippen LogP contribution in [0.25, 0.3) is 0 Å². The number of alkyl halides is 2. The number of hydrogen-bond acceptors (Lipinski definition) is 7. The Morgan fingerprint density at radius 3 is 2.34 bits per heavy atom. The molecule has 0 spiro atoms. The number of esters is 2. The Morgan fingerprint density at radius 2 is 1.66 bits per heavy atom. The van der Waals surface area contributed by atoms with Gasteiger partial charge in [-0.15, -0.1) is 0 Å². The fourth-order valence-electron chi connectivity index (χ4n) is 7.39. The second kappa shape index (κ2) is 12.3. The quantitative estimate of drug-likeness (QED) is 0.195. The fraction of sp³-hybridized carbons (Fsp3) is 0.576. The summed E-state index contributed by atoms with van der Waals surface area (Å²) in [6.45, 7) is 0.711. The number of ether oxygens (including phenoxy) is 2. The van der Waals surface area contributed by atoms with Crippen molar-refractivity contribution < 1.29 is 36.3 Å². The molecule has 2 aliphatic heterocycles. The van der Waals surface area contributed by atoms with Gasteiger partial charge in [0.2, 0.25) is 0 Å². The molecule has 3 fully saturated rings. The Bertz CT molecular complexity index is 1530. The van der Waals surface area contributed by atoms with Crippen molar-refractivity contribution >= 4 is 33.4 Å². The maximum absolute atomic E-state index is 13.8. The minimum atomic E-state index is -3.55. The summed E-state index contributed by atoms with van der Waals surface area (Å²) < 4.78 is 65.4. The Hall–Kier alpha value is -2.56. The summed E-state index contributed by atoms with van der Waals surface area (Å²) in [5, 5.41) is 2.79. The predicted molar refractivity (Wildman–Crippen MR) is 160 cm³/mol. The molecule has 238 valence electrons. The van der Waals surface area contributed by atoms with E-state index in [1.165, 1.54) is 24.3 Å². The Morgan fingerprint density at radius 1 is 0.977 bits per heavy atom. The number of benzene rings is 2. The van der Waals surface area contributed by atoms with Crippen LogP contribution in [0.2, 0.25) is 5.02 Å². The minimum Gasteiger partial charge on any atom is -0.461 e. The van der Waals surface area contributed by atoms with Crippen LogP contribution in [0, 0.1) is 17.8 Å². The van der Waals surface area contributed by atoms with E-state index < -0.39 is 21.0 Å². The van der Waals surface area contributed by atoms with Gasteiger partial charge in [-0.3, -0.25) is 10.1 Å². The monoisotopic (exact) mass is 649 g/mol. The molecule has 1 N–H and O–H groups in total. The molecule has 2 heterocycles. The van der Waals surface area contributed by atoms with Gasteiger partial charge < -0.3 is 9.47 Å². The summed E-state index contributed by atoms with van der Waals surface area (Å²) in [5.74, 6) is -2.63. The maximum Gasteiger partial charge on any atom is 0.330 e. The van der Waals surface area contributed by atoms with Gasteiger partial charge in [-0.05, 0) is 86.3 Å². The van der Waals surface area contributed by atoms with Crippen LogP contribution >= 0.6 is 11.6 Å². The molecular formula is C33H38ClF2NO6S. The van der Waals surface area contributed by atoms with Crippen LogP contribution in [-0.4, -0.2) is 31.6 Å². The second-order valence-electron chi connectivity index (χ2n) is 13.0. The first-order valence-corrected chi connectivity index (χ1v) is 17.5. The zero-order valence-corrected chi connectivity index (χ0v) is 26.3. The molecule has 1 saturated heterocycles. The van der Waals surface area contributed by atoms with E-state index in [0.29, 0.717) is 48.8 Å². The molecule has 2 aliphatic carbocycles. The molecule has 0 aromatic heterocycles. The molecule has 0 bridgehead atoms. The average molecular weight is 650 g/mol. The molecule has 44 heavy (non-hydrogen) atoms. The van der Waals surface area contributed by atoms with Crippen LogP contribution in [0.3, 0.4) is 0 Å². The SMILES string of the molecule is CC(F)(F)c1cc(Cl)cc(COC(=O)C2CCCC(C3CCC(S(=O)(=O)c4ccc5c(c4)OC(=O)C4NC54)CC3)CCC2)c1. The summed E-state index contributed by atoms with van der Waals surface area (Å²) in [4.78, 5) is 25.1. The van der Waals surface area contributed by atoms with Gasteiger partial charge in [0.1, 0.15) is 18.4 Å². The number of hydrogen-bond donors (Lipinski definition) is 1. The van der Waals surface area contributed by atoms with Crippen LogP contribution in [0.5, 0.6) is 5.75 Å². The molecule has 0 radical (unpaired) electrons. The first-order valence-electron chi connectivity index (χ1n) is 15.6. The van der Waals surface area contributed by atoms with Crippen molar-refractivity contribution in [1.29, 1.82) is 0 Å². The first-order chi connectivity index (χ1) is 20.9. The van der Waals surface area contributed by atoms with Crippen LogP contribution < -0.4 is 10.1 Å². The van der Waals surface area contributed by atoms with E-state index in [-0.39, 0.29) is 52.0 Å². The van der Waals surface area contributed by atoms with E-state index in [2.05, 4.69) is 5.32 Å². The zero-order chi connectivity index (χ0) is 31.2. The molecule has 0 amide bonds. The van der Waals surface area contributed by atoms with Crippen molar-refractivity contribution in [1.82, 2.24) is 5.32 Å². The highest BCUT2D eigenvalue weighted by atomic mass is 35.5. The number of fused-ring (bicyclic) bond motifs is 3. The molecule has 11 heteroatoms. The van der Waals surface area contributed by atoms with Gasteiger partial charge in [0.25, 0.3) is 5.92 Å². The number of carbonyl (C=O) groups excluding carboxylic acids is 2. The summed E-state index contributed by atoms with van der Waals surface area (Å²) in [6.07, 6.45) is 8.10. The van der Waals surface area contributed by atoms with Gasteiger partial charge in [0.05, 0.1) is 22.1 Å². The van der Waals surface area contributed by atoms with Crippen molar-refractivity contribution in [3.8, 4) is 5.75 Å². The molecule has 7 nitrogen and oxygen atoms in total. The minimum absolute atomic E-state index is 0.0792. The first kappa shape index (κ1) is 31.4. The van der Waals surface area contributed by atoms with Crippen molar-refractivity contribution in [3.63, 3.8) is 0 Å². The third kappa shape index (κ3) is 6.67. The van der Waals surface area contributed by atoms with E-state index >= 15 is 0 Å². The van der Waals surface area contributed by atoms with Gasteiger partial charge >= 0.3 is 11.9 Å². The highest BCUT2D eigenvalue weighted by molar-refractivity contribution is 7.92. The van der Waals surface area contributed by atoms with Crippen molar-refractivity contribution in [2.24, 2.45) is 17.8 Å². The summed E-state index contributed by atoms with van der Waals surface area (Å²) in [5.41, 5.74) is 1.06. The lowest BCUT2D eigenvalue weighted by atomic mass is 9.73.